The first-order valence-corrected chi connectivity index (χ1v) is 6.57. The molecule has 20 heavy (non-hydrogen) atoms. The third-order valence-electron chi connectivity index (χ3n) is 3.34. The minimum Gasteiger partial charge on any atom is -0.489 e. The van der Waals surface area contributed by atoms with Crippen molar-refractivity contribution in [1.82, 2.24) is 0 Å². The average Bonchev–Trinajstić information content (AvgIpc) is 2.38. The summed E-state index contributed by atoms with van der Waals surface area (Å²) in [6.45, 7) is 6.52. The zero-order valence-corrected chi connectivity index (χ0v) is 12.1. The molecule has 3 nitrogen and oxygen atoms in total. The van der Waals surface area contributed by atoms with Crippen molar-refractivity contribution < 1.29 is 9.53 Å². The van der Waals surface area contributed by atoms with Crippen LogP contribution >= 0.6 is 0 Å². The van der Waals surface area contributed by atoms with Gasteiger partial charge in [0.15, 0.2) is 0 Å². The molecule has 0 fully saturated rings. The highest BCUT2D eigenvalue weighted by Gasteiger charge is 2.06. The molecule has 0 atom stereocenters. The van der Waals surface area contributed by atoms with Gasteiger partial charge in [0.1, 0.15) is 12.4 Å². The molecule has 0 bridgehead atoms. The molecule has 0 radical (unpaired) electrons. The number of rotatable bonds is 4. The molecule has 0 saturated heterocycles. The summed E-state index contributed by atoms with van der Waals surface area (Å²) in [5.41, 5.74) is 10.2. The van der Waals surface area contributed by atoms with Gasteiger partial charge in [-0.1, -0.05) is 23.8 Å². The highest BCUT2D eigenvalue weighted by molar-refractivity contribution is 5.93. The summed E-state index contributed by atoms with van der Waals surface area (Å²) in [7, 11) is 0. The van der Waals surface area contributed by atoms with Crippen molar-refractivity contribution in [3.63, 3.8) is 0 Å². The Labute approximate surface area is 119 Å². The van der Waals surface area contributed by atoms with Crippen molar-refractivity contribution in [2.24, 2.45) is 5.73 Å². The van der Waals surface area contributed by atoms with Gasteiger partial charge in [-0.15, -0.1) is 0 Å². The van der Waals surface area contributed by atoms with Gasteiger partial charge >= 0.3 is 0 Å². The maximum Gasteiger partial charge on any atom is 0.248 e. The Morgan fingerprint density at radius 1 is 1.05 bits per heavy atom. The van der Waals surface area contributed by atoms with Gasteiger partial charge in [-0.2, -0.15) is 0 Å². The molecular formula is C17H19NO2. The molecule has 0 aliphatic carbocycles. The number of amides is 1. The zero-order chi connectivity index (χ0) is 14.7. The van der Waals surface area contributed by atoms with E-state index in [1.807, 2.05) is 32.0 Å². The maximum absolute atomic E-state index is 11.1. The van der Waals surface area contributed by atoms with Gasteiger partial charge in [0, 0.05) is 5.56 Å². The predicted molar refractivity (Wildman–Crippen MR) is 79.9 cm³/mol. The zero-order valence-electron chi connectivity index (χ0n) is 12.1. The molecule has 0 heterocycles. The summed E-state index contributed by atoms with van der Waals surface area (Å²) in [4.78, 5) is 11.1. The van der Waals surface area contributed by atoms with E-state index < -0.39 is 5.91 Å². The molecular weight excluding hydrogens is 250 g/mol. The van der Waals surface area contributed by atoms with E-state index in [0.29, 0.717) is 12.2 Å². The Hall–Kier alpha value is -2.29. The fourth-order valence-corrected chi connectivity index (χ4v) is 2.13. The number of hydrogen-bond donors (Lipinski definition) is 1. The Morgan fingerprint density at radius 3 is 2.40 bits per heavy atom. The summed E-state index contributed by atoms with van der Waals surface area (Å²) in [5.74, 6) is 0.476. The second-order valence-corrected chi connectivity index (χ2v) is 5.06. The first kappa shape index (κ1) is 14.1. The van der Waals surface area contributed by atoms with Crippen molar-refractivity contribution in [3.8, 4) is 5.75 Å². The number of aryl methyl sites for hydroxylation is 3. The van der Waals surface area contributed by atoms with Crippen molar-refractivity contribution >= 4 is 5.91 Å². The van der Waals surface area contributed by atoms with Crippen LogP contribution in [0.2, 0.25) is 0 Å². The van der Waals surface area contributed by atoms with Crippen LogP contribution < -0.4 is 10.5 Å². The highest BCUT2D eigenvalue weighted by Crippen LogP contribution is 2.21. The molecule has 2 N–H and O–H groups in total. The van der Waals surface area contributed by atoms with Crippen LogP contribution in [0.25, 0.3) is 0 Å². The number of nitrogens with two attached hydrogens (primary N) is 1. The molecule has 2 aromatic carbocycles. The van der Waals surface area contributed by atoms with Gasteiger partial charge in [0.05, 0.1) is 0 Å². The molecule has 0 saturated carbocycles. The molecule has 0 aliphatic rings. The average molecular weight is 269 g/mol. The van der Waals surface area contributed by atoms with Crippen molar-refractivity contribution in [3.05, 3.63) is 64.2 Å². The molecule has 2 aromatic rings. The fourth-order valence-electron chi connectivity index (χ4n) is 2.13. The normalized spacial score (nSPS) is 10.3. The van der Waals surface area contributed by atoms with Gasteiger partial charge in [0.25, 0.3) is 0 Å². The Morgan fingerprint density at radius 2 is 1.80 bits per heavy atom. The number of carbonyl (C=O) groups is 1. The van der Waals surface area contributed by atoms with Crippen LogP contribution in [-0.2, 0) is 6.61 Å². The van der Waals surface area contributed by atoms with Gasteiger partial charge in [0.2, 0.25) is 5.91 Å². The summed E-state index contributed by atoms with van der Waals surface area (Å²) in [5, 5.41) is 0. The third-order valence-corrected chi connectivity index (χ3v) is 3.34. The predicted octanol–water partition coefficient (Wildman–Crippen LogP) is 3.29. The minimum atomic E-state index is -0.407. The van der Waals surface area contributed by atoms with Gasteiger partial charge in [-0.25, -0.2) is 0 Å². The summed E-state index contributed by atoms with van der Waals surface area (Å²) in [6.07, 6.45) is 0. The number of hydrogen-bond acceptors (Lipinski definition) is 2. The molecule has 104 valence electrons. The monoisotopic (exact) mass is 269 g/mol. The molecule has 0 aromatic heterocycles. The van der Waals surface area contributed by atoms with Crippen molar-refractivity contribution in [2.45, 2.75) is 27.4 Å². The van der Waals surface area contributed by atoms with Crippen molar-refractivity contribution in [1.29, 1.82) is 0 Å². The lowest BCUT2D eigenvalue weighted by atomic mass is 10.1. The van der Waals surface area contributed by atoms with Crippen LogP contribution in [0.15, 0.2) is 36.4 Å². The summed E-state index contributed by atoms with van der Waals surface area (Å²) < 4.78 is 5.84. The van der Waals surface area contributed by atoms with Crippen LogP contribution in [-0.4, -0.2) is 5.91 Å². The standard InChI is InChI=1S/C17H19NO2/c1-11-4-7-16(13(3)8-11)20-10-15-6-5-14(17(18)19)9-12(15)2/h4-9H,10H2,1-3H3,(H2,18,19). The van der Waals surface area contributed by atoms with E-state index in [1.54, 1.807) is 12.1 Å². The number of primary amides is 1. The smallest absolute Gasteiger partial charge is 0.248 e. The van der Waals surface area contributed by atoms with E-state index in [9.17, 15) is 4.79 Å². The topological polar surface area (TPSA) is 52.3 Å². The van der Waals surface area contributed by atoms with Crippen LogP contribution in [0.5, 0.6) is 5.75 Å². The Kier molecular flexibility index (Phi) is 4.08. The lowest BCUT2D eigenvalue weighted by Gasteiger charge is -2.12. The van der Waals surface area contributed by atoms with E-state index in [1.165, 1.54) is 5.56 Å². The molecule has 2 rings (SSSR count). The molecule has 3 heteroatoms. The Bertz CT molecular complexity index is 647. The van der Waals surface area contributed by atoms with Gasteiger partial charge in [-0.05, 0) is 55.7 Å². The molecule has 0 aliphatic heterocycles. The fraction of sp³-hybridized carbons (Fsp3) is 0.235. The van der Waals surface area contributed by atoms with Crippen LogP contribution in [0.1, 0.15) is 32.6 Å². The third kappa shape index (κ3) is 3.18. The number of carbonyl (C=O) groups excluding carboxylic acids is 1. The maximum atomic E-state index is 11.1. The summed E-state index contributed by atoms with van der Waals surface area (Å²) >= 11 is 0. The van der Waals surface area contributed by atoms with Gasteiger partial charge in [-0.3, -0.25) is 4.79 Å². The van der Waals surface area contributed by atoms with Crippen LogP contribution in [0.4, 0.5) is 0 Å². The quantitative estimate of drug-likeness (QED) is 0.926. The first-order chi connectivity index (χ1) is 9.47. The largest absolute Gasteiger partial charge is 0.489 e. The Balaban J connectivity index is 2.13. The number of ether oxygens (including phenoxy) is 1. The van der Waals surface area contributed by atoms with E-state index in [0.717, 1.165) is 22.4 Å². The SMILES string of the molecule is Cc1ccc(OCc2ccc(C(N)=O)cc2C)c(C)c1. The second-order valence-electron chi connectivity index (χ2n) is 5.06. The second kappa shape index (κ2) is 5.78. The van der Waals surface area contributed by atoms with E-state index >= 15 is 0 Å². The van der Waals surface area contributed by atoms with E-state index in [4.69, 9.17) is 10.5 Å². The first-order valence-electron chi connectivity index (χ1n) is 6.57. The van der Waals surface area contributed by atoms with Crippen LogP contribution in [0, 0.1) is 20.8 Å². The molecule has 0 spiro atoms. The molecule has 0 unspecified atom stereocenters. The van der Waals surface area contributed by atoms with Gasteiger partial charge < -0.3 is 10.5 Å². The minimum absolute atomic E-state index is 0.407. The van der Waals surface area contributed by atoms with Crippen LogP contribution in [0.3, 0.4) is 0 Å². The van der Waals surface area contributed by atoms with E-state index in [-0.39, 0.29) is 0 Å². The highest BCUT2D eigenvalue weighted by atomic mass is 16.5. The molecule has 1 amide bonds. The van der Waals surface area contributed by atoms with Crippen molar-refractivity contribution in [2.75, 3.05) is 0 Å². The lowest BCUT2D eigenvalue weighted by molar-refractivity contribution is 0.1000. The number of benzene rings is 2. The lowest BCUT2D eigenvalue weighted by Crippen LogP contribution is -2.11. The summed E-state index contributed by atoms with van der Waals surface area (Å²) in [6, 6.07) is 11.5. The van der Waals surface area contributed by atoms with E-state index in [2.05, 4.69) is 13.0 Å².